The molecule has 21 heavy (non-hydrogen) atoms. The number of nitrogens with two attached hydrogens (primary N) is 1. The van der Waals surface area contributed by atoms with Gasteiger partial charge in [-0.15, -0.1) is 0 Å². The first-order chi connectivity index (χ1) is 10.1. The average Bonchev–Trinajstić information content (AvgIpc) is 2.48. The summed E-state index contributed by atoms with van der Waals surface area (Å²) in [6.45, 7) is 0. The molecule has 1 atom stereocenters. The number of amides is 2. The van der Waals surface area contributed by atoms with Crippen molar-refractivity contribution in [1.29, 1.82) is 0 Å². The number of halogens is 1. The van der Waals surface area contributed by atoms with Crippen LogP contribution in [-0.4, -0.2) is 11.8 Å². The van der Waals surface area contributed by atoms with E-state index < -0.39 is 23.7 Å². The van der Waals surface area contributed by atoms with Gasteiger partial charge in [-0.05, 0) is 17.2 Å². The molecule has 0 unspecified atom stereocenters. The number of nitrogens with one attached hydrogen (secondary N) is 1. The fourth-order valence-corrected chi connectivity index (χ4v) is 1.99. The van der Waals surface area contributed by atoms with E-state index in [9.17, 15) is 14.0 Å². The molecule has 0 saturated heterocycles. The molecule has 0 aliphatic heterocycles. The van der Waals surface area contributed by atoms with Crippen LogP contribution in [0.2, 0.25) is 0 Å². The van der Waals surface area contributed by atoms with E-state index in [1.807, 2.05) is 0 Å². The van der Waals surface area contributed by atoms with E-state index in [0.29, 0.717) is 5.56 Å². The molecule has 0 saturated carbocycles. The van der Waals surface area contributed by atoms with Crippen molar-refractivity contribution in [2.75, 3.05) is 0 Å². The highest BCUT2D eigenvalue weighted by atomic mass is 19.1. The third kappa shape index (κ3) is 3.89. The maximum Gasteiger partial charge on any atom is 0.244 e. The van der Waals surface area contributed by atoms with Crippen LogP contribution in [0, 0.1) is 5.82 Å². The Labute approximate surface area is 121 Å². The van der Waals surface area contributed by atoms with Crippen molar-refractivity contribution < 1.29 is 14.0 Å². The summed E-state index contributed by atoms with van der Waals surface area (Å²) < 4.78 is 13.5. The largest absolute Gasteiger partial charge is 0.368 e. The minimum atomic E-state index is -0.925. The molecule has 2 aromatic carbocycles. The van der Waals surface area contributed by atoms with Gasteiger partial charge in [0.15, 0.2) is 0 Å². The van der Waals surface area contributed by atoms with Crippen LogP contribution < -0.4 is 11.1 Å². The Morgan fingerprint density at radius 1 is 1.05 bits per heavy atom. The molecule has 0 aliphatic carbocycles. The standard InChI is InChI=1S/C16H15FN2O2/c17-13-9-5-4-8-12(13)10-14(20)19-15(16(18)21)11-6-2-1-3-7-11/h1-9,15H,10H2,(H2,18,21)(H,19,20)/t15-/m0/s1. The van der Waals surface area contributed by atoms with Gasteiger partial charge in [-0.3, -0.25) is 9.59 Å². The molecule has 2 rings (SSSR count). The average molecular weight is 286 g/mol. The van der Waals surface area contributed by atoms with Gasteiger partial charge in [0.05, 0.1) is 6.42 Å². The monoisotopic (exact) mass is 286 g/mol. The van der Waals surface area contributed by atoms with Crippen LogP contribution in [0.25, 0.3) is 0 Å². The number of hydrogen-bond acceptors (Lipinski definition) is 2. The molecule has 0 radical (unpaired) electrons. The zero-order chi connectivity index (χ0) is 15.2. The minimum Gasteiger partial charge on any atom is -0.368 e. The van der Waals surface area contributed by atoms with Crippen LogP contribution in [0.3, 0.4) is 0 Å². The highest BCUT2D eigenvalue weighted by molar-refractivity contribution is 5.88. The number of primary amides is 1. The fourth-order valence-electron chi connectivity index (χ4n) is 1.99. The molecule has 0 spiro atoms. The van der Waals surface area contributed by atoms with E-state index in [0.717, 1.165) is 0 Å². The molecule has 0 heterocycles. The fraction of sp³-hybridized carbons (Fsp3) is 0.125. The number of benzene rings is 2. The van der Waals surface area contributed by atoms with Crippen molar-refractivity contribution in [2.24, 2.45) is 5.73 Å². The summed E-state index contributed by atoms with van der Waals surface area (Å²) in [5.74, 6) is -1.58. The number of carbonyl (C=O) groups is 2. The lowest BCUT2D eigenvalue weighted by Crippen LogP contribution is -2.38. The first-order valence-corrected chi connectivity index (χ1v) is 6.45. The summed E-state index contributed by atoms with van der Waals surface area (Å²) in [6.07, 6.45) is -0.150. The van der Waals surface area contributed by atoms with Gasteiger partial charge in [0.25, 0.3) is 0 Å². The highest BCUT2D eigenvalue weighted by Gasteiger charge is 2.20. The van der Waals surface area contributed by atoms with Gasteiger partial charge in [0.2, 0.25) is 11.8 Å². The maximum atomic E-state index is 13.5. The number of hydrogen-bond donors (Lipinski definition) is 2. The summed E-state index contributed by atoms with van der Waals surface area (Å²) in [6, 6.07) is 13.7. The molecule has 2 aromatic rings. The predicted molar refractivity (Wildman–Crippen MR) is 76.6 cm³/mol. The van der Waals surface area contributed by atoms with Crippen LogP contribution in [0.15, 0.2) is 54.6 Å². The van der Waals surface area contributed by atoms with Crippen LogP contribution in [0.4, 0.5) is 4.39 Å². The Hall–Kier alpha value is -2.69. The normalized spacial score (nSPS) is 11.7. The molecular formula is C16H15FN2O2. The molecule has 0 bridgehead atoms. The van der Waals surface area contributed by atoms with Crippen molar-refractivity contribution in [2.45, 2.75) is 12.5 Å². The Balaban J connectivity index is 2.10. The first-order valence-electron chi connectivity index (χ1n) is 6.45. The lowest BCUT2D eigenvalue weighted by Gasteiger charge is -2.16. The maximum absolute atomic E-state index is 13.5. The summed E-state index contributed by atoms with van der Waals surface area (Å²) >= 11 is 0. The second-order valence-corrected chi connectivity index (χ2v) is 4.58. The quantitative estimate of drug-likeness (QED) is 0.878. The van der Waals surface area contributed by atoms with E-state index in [1.54, 1.807) is 42.5 Å². The smallest absolute Gasteiger partial charge is 0.244 e. The lowest BCUT2D eigenvalue weighted by atomic mass is 10.1. The van der Waals surface area contributed by atoms with Crippen LogP contribution in [0.5, 0.6) is 0 Å². The summed E-state index contributed by atoms with van der Waals surface area (Å²) in [5, 5.41) is 2.53. The van der Waals surface area contributed by atoms with Gasteiger partial charge in [0.1, 0.15) is 11.9 Å². The molecule has 2 amide bonds. The molecular weight excluding hydrogens is 271 g/mol. The van der Waals surface area contributed by atoms with Gasteiger partial charge in [-0.2, -0.15) is 0 Å². The van der Waals surface area contributed by atoms with E-state index in [1.165, 1.54) is 12.1 Å². The number of rotatable bonds is 5. The topological polar surface area (TPSA) is 72.2 Å². The highest BCUT2D eigenvalue weighted by Crippen LogP contribution is 2.13. The van der Waals surface area contributed by atoms with Crippen molar-refractivity contribution in [1.82, 2.24) is 5.32 Å². The Morgan fingerprint density at radius 2 is 1.67 bits per heavy atom. The van der Waals surface area contributed by atoms with Gasteiger partial charge in [0, 0.05) is 0 Å². The molecule has 108 valence electrons. The zero-order valence-electron chi connectivity index (χ0n) is 11.3. The lowest BCUT2D eigenvalue weighted by molar-refractivity contribution is -0.127. The van der Waals surface area contributed by atoms with Gasteiger partial charge < -0.3 is 11.1 Å². The van der Waals surface area contributed by atoms with Gasteiger partial charge in [-0.25, -0.2) is 4.39 Å². The Morgan fingerprint density at radius 3 is 2.29 bits per heavy atom. The molecule has 3 N–H and O–H groups in total. The summed E-state index contributed by atoms with van der Waals surface area (Å²) in [5.41, 5.74) is 6.17. The third-order valence-electron chi connectivity index (χ3n) is 3.03. The Bertz CT molecular complexity index is 644. The molecule has 5 heteroatoms. The second-order valence-electron chi connectivity index (χ2n) is 4.58. The van der Waals surface area contributed by atoms with Crippen molar-refractivity contribution in [3.63, 3.8) is 0 Å². The molecule has 4 nitrogen and oxygen atoms in total. The Kier molecular flexibility index (Phi) is 4.66. The summed E-state index contributed by atoms with van der Waals surface area (Å²) in [4.78, 5) is 23.5. The molecule has 0 aliphatic rings. The first kappa shape index (κ1) is 14.7. The van der Waals surface area contributed by atoms with E-state index in [2.05, 4.69) is 5.32 Å². The van der Waals surface area contributed by atoms with E-state index >= 15 is 0 Å². The molecule has 0 fully saturated rings. The molecule has 0 aromatic heterocycles. The summed E-state index contributed by atoms with van der Waals surface area (Å²) in [7, 11) is 0. The van der Waals surface area contributed by atoms with Gasteiger partial charge >= 0.3 is 0 Å². The SMILES string of the molecule is NC(=O)[C@@H](NC(=O)Cc1ccccc1F)c1ccccc1. The van der Waals surface area contributed by atoms with E-state index in [-0.39, 0.29) is 12.0 Å². The third-order valence-corrected chi connectivity index (χ3v) is 3.03. The number of carbonyl (C=O) groups excluding carboxylic acids is 2. The zero-order valence-corrected chi connectivity index (χ0v) is 11.3. The second kappa shape index (κ2) is 6.65. The minimum absolute atomic E-state index is 0.150. The van der Waals surface area contributed by atoms with Crippen molar-refractivity contribution >= 4 is 11.8 Å². The van der Waals surface area contributed by atoms with Crippen molar-refractivity contribution in [3.05, 3.63) is 71.5 Å². The van der Waals surface area contributed by atoms with Crippen molar-refractivity contribution in [3.8, 4) is 0 Å². The van der Waals surface area contributed by atoms with E-state index in [4.69, 9.17) is 5.73 Å². The van der Waals surface area contributed by atoms with Gasteiger partial charge in [-0.1, -0.05) is 48.5 Å². The van der Waals surface area contributed by atoms with Crippen LogP contribution in [0.1, 0.15) is 17.2 Å². The van der Waals surface area contributed by atoms with Crippen LogP contribution in [-0.2, 0) is 16.0 Å². The van der Waals surface area contributed by atoms with Crippen LogP contribution >= 0.6 is 0 Å². The predicted octanol–water partition coefficient (Wildman–Crippen LogP) is 1.71.